The Hall–Kier alpha value is 0.500. The summed E-state index contributed by atoms with van der Waals surface area (Å²) in [4.78, 5) is 2.44. The molecule has 2 fully saturated rings. The monoisotopic (exact) mass is 212 g/mol. The van der Waals surface area contributed by atoms with Gasteiger partial charge in [-0.15, -0.1) is 24.8 Å². The third kappa shape index (κ3) is 2.49. The van der Waals surface area contributed by atoms with E-state index in [1.165, 1.54) is 32.5 Å². The van der Waals surface area contributed by atoms with E-state index in [1.54, 1.807) is 0 Å². The quantitative estimate of drug-likeness (QED) is 0.649. The Kier molecular flexibility index (Phi) is 5.50. The highest BCUT2D eigenvalue weighted by molar-refractivity contribution is 5.85. The number of piperidine rings is 1. The predicted octanol–water partition coefficient (Wildman–Crippen LogP) is 1.14. The Morgan fingerprint density at radius 2 is 2.00 bits per heavy atom. The highest BCUT2D eigenvalue weighted by Gasteiger charge is 2.31. The van der Waals surface area contributed by atoms with Crippen molar-refractivity contribution < 1.29 is 0 Å². The normalized spacial score (nSPS) is 34.8. The summed E-state index contributed by atoms with van der Waals surface area (Å²) in [5.41, 5.74) is 0. The van der Waals surface area contributed by atoms with E-state index < -0.39 is 0 Å². The first-order valence-electron chi connectivity index (χ1n) is 4.28. The number of fused-ring (bicyclic) bond motifs is 1. The lowest BCUT2D eigenvalue weighted by Crippen LogP contribution is -2.40. The second-order valence-electron chi connectivity index (χ2n) is 3.68. The third-order valence-corrected chi connectivity index (χ3v) is 2.78. The van der Waals surface area contributed by atoms with Gasteiger partial charge in [0.2, 0.25) is 0 Å². The van der Waals surface area contributed by atoms with Gasteiger partial charge in [0.05, 0.1) is 0 Å². The van der Waals surface area contributed by atoms with Crippen LogP contribution >= 0.6 is 24.8 Å². The summed E-state index contributed by atoms with van der Waals surface area (Å²) in [6, 6.07) is 0.818. The molecule has 2 aliphatic rings. The Labute approximate surface area is 86.9 Å². The van der Waals surface area contributed by atoms with Crippen molar-refractivity contribution in [2.45, 2.75) is 18.9 Å². The molecule has 4 heteroatoms. The molecule has 2 heterocycles. The van der Waals surface area contributed by atoms with Gasteiger partial charge in [0.1, 0.15) is 0 Å². The van der Waals surface area contributed by atoms with E-state index in [4.69, 9.17) is 0 Å². The van der Waals surface area contributed by atoms with Crippen molar-refractivity contribution in [2.24, 2.45) is 5.92 Å². The number of hydrogen-bond donors (Lipinski definition) is 1. The van der Waals surface area contributed by atoms with Crippen LogP contribution in [-0.4, -0.2) is 37.6 Å². The SMILES string of the molecule is CN1C[C@@H]2CCCN[C@@H]2C1.Cl.Cl. The van der Waals surface area contributed by atoms with Gasteiger partial charge in [-0.2, -0.15) is 0 Å². The smallest absolute Gasteiger partial charge is 0.0235 e. The lowest BCUT2D eigenvalue weighted by atomic mass is 9.94. The molecule has 1 N–H and O–H groups in total. The Morgan fingerprint density at radius 3 is 2.67 bits per heavy atom. The van der Waals surface area contributed by atoms with Crippen molar-refractivity contribution in [3.8, 4) is 0 Å². The summed E-state index contributed by atoms with van der Waals surface area (Å²) in [6.07, 6.45) is 2.83. The average Bonchev–Trinajstić information content (AvgIpc) is 2.27. The number of halogens is 2. The summed E-state index contributed by atoms with van der Waals surface area (Å²) in [7, 11) is 2.22. The molecule has 0 amide bonds. The molecule has 2 rings (SSSR count). The van der Waals surface area contributed by atoms with Crippen molar-refractivity contribution in [1.82, 2.24) is 10.2 Å². The number of nitrogens with zero attached hydrogens (tertiary/aromatic N) is 1. The van der Waals surface area contributed by atoms with Gasteiger partial charge in [0.25, 0.3) is 0 Å². The zero-order valence-corrected chi connectivity index (χ0v) is 9.09. The van der Waals surface area contributed by atoms with Crippen molar-refractivity contribution in [3.05, 3.63) is 0 Å². The minimum Gasteiger partial charge on any atom is -0.312 e. The van der Waals surface area contributed by atoms with Crippen LogP contribution in [0.5, 0.6) is 0 Å². The molecule has 0 unspecified atom stereocenters. The molecule has 0 saturated carbocycles. The standard InChI is InChI=1S/C8H16N2.2ClH/c1-10-5-7-3-2-4-9-8(7)6-10;;/h7-9H,2-6H2,1H3;2*1H/t7-,8+;;/m0../s1. The fourth-order valence-electron chi connectivity index (χ4n) is 2.26. The van der Waals surface area contributed by atoms with E-state index in [-0.39, 0.29) is 24.8 Å². The number of likely N-dealkylation sites (N-methyl/N-ethyl adjacent to an activating group) is 1. The van der Waals surface area contributed by atoms with E-state index in [0.29, 0.717) is 0 Å². The Balaban J connectivity index is 0.000000605. The van der Waals surface area contributed by atoms with E-state index in [0.717, 1.165) is 12.0 Å². The largest absolute Gasteiger partial charge is 0.312 e. The number of rotatable bonds is 0. The molecule has 0 radical (unpaired) electrons. The highest BCUT2D eigenvalue weighted by Crippen LogP contribution is 2.23. The third-order valence-electron chi connectivity index (χ3n) is 2.78. The maximum atomic E-state index is 3.57. The number of likely N-dealkylation sites (tertiary alicyclic amines) is 1. The van der Waals surface area contributed by atoms with Gasteiger partial charge >= 0.3 is 0 Å². The second-order valence-corrected chi connectivity index (χ2v) is 3.68. The molecule has 12 heavy (non-hydrogen) atoms. The summed E-state index contributed by atoms with van der Waals surface area (Å²) < 4.78 is 0. The molecular weight excluding hydrogens is 195 g/mol. The first-order chi connectivity index (χ1) is 4.86. The molecule has 0 aromatic heterocycles. The molecule has 2 atom stereocenters. The molecule has 74 valence electrons. The van der Waals surface area contributed by atoms with Crippen molar-refractivity contribution in [1.29, 1.82) is 0 Å². The summed E-state index contributed by atoms with van der Waals surface area (Å²) in [5.74, 6) is 0.957. The molecule has 0 aromatic carbocycles. The Bertz CT molecular complexity index is 118. The van der Waals surface area contributed by atoms with E-state index in [2.05, 4.69) is 17.3 Å². The lowest BCUT2D eigenvalue weighted by molar-refractivity contribution is 0.338. The Morgan fingerprint density at radius 1 is 1.25 bits per heavy atom. The van der Waals surface area contributed by atoms with E-state index in [9.17, 15) is 0 Å². The fourth-order valence-corrected chi connectivity index (χ4v) is 2.26. The molecular formula is C8H18Cl2N2. The highest BCUT2D eigenvalue weighted by atomic mass is 35.5. The first kappa shape index (κ1) is 12.5. The van der Waals surface area contributed by atoms with Gasteiger partial charge in [-0.05, 0) is 32.4 Å². The lowest BCUT2D eigenvalue weighted by Gasteiger charge is -2.24. The zero-order valence-electron chi connectivity index (χ0n) is 7.45. The number of hydrogen-bond acceptors (Lipinski definition) is 2. The van der Waals surface area contributed by atoms with Gasteiger partial charge in [-0.3, -0.25) is 0 Å². The molecule has 0 aliphatic carbocycles. The molecule has 2 aliphatic heterocycles. The van der Waals surface area contributed by atoms with Gasteiger partial charge in [0, 0.05) is 19.1 Å². The van der Waals surface area contributed by atoms with Gasteiger partial charge in [-0.25, -0.2) is 0 Å². The average molecular weight is 213 g/mol. The predicted molar refractivity (Wildman–Crippen MR) is 56.5 cm³/mol. The van der Waals surface area contributed by atoms with Crippen molar-refractivity contribution in [3.63, 3.8) is 0 Å². The number of nitrogens with one attached hydrogen (secondary N) is 1. The molecule has 0 bridgehead atoms. The minimum absolute atomic E-state index is 0. The van der Waals surface area contributed by atoms with E-state index in [1.807, 2.05) is 0 Å². The van der Waals surface area contributed by atoms with Crippen LogP contribution in [0.2, 0.25) is 0 Å². The van der Waals surface area contributed by atoms with Crippen LogP contribution in [0, 0.1) is 5.92 Å². The second kappa shape index (κ2) is 5.28. The summed E-state index contributed by atoms with van der Waals surface area (Å²) >= 11 is 0. The van der Waals surface area contributed by atoms with Gasteiger partial charge < -0.3 is 10.2 Å². The van der Waals surface area contributed by atoms with Crippen LogP contribution in [0.3, 0.4) is 0 Å². The first-order valence-corrected chi connectivity index (χ1v) is 4.28. The van der Waals surface area contributed by atoms with Crippen LogP contribution in [0.4, 0.5) is 0 Å². The minimum atomic E-state index is 0. The van der Waals surface area contributed by atoms with Gasteiger partial charge in [0.15, 0.2) is 0 Å². The molecule has 2 saturated heterocycles. The van der Waals surface area contributed by atoms with Crippen LogP contribution in [0.15, 0.2) is 0 Å². The zero-order chi connectivity index (χ0) is 6.97. The maximum absolute atomic E-state index is 3.57. The fraction of sp³-hybridized carbons (Fsp3) is 1.00. The maximum Gasteiger partial charge on any atom is 0.0235 e. The summed E-state index contributed by atoms with van der Waals surface area (Å²) in [6.45, 7) is 3.83. The van der Waals surface area contributed by atoms with Crippen LogP contribution < -0.4 is 5.32 Å². The molecule has 0 aromatic rings. The summed E-state index contributed by atoms with van der Waals surface area (Å²) in [5, 5.41) is 3.57. The van der Waals surface area contributed by atoms with Crippen LogP contribution in [0.25, 0.3) is 0 Å². The topological polar surface area (TPSA) is 15.3 Å². The van der Waals surface area contributed by atoms with Crippen LogP contribution in [-0.2, 0) is 0 Å². The van der Waals surface area contributed by atoms with Crippen LogP contribution in [0.1, 0.15) is 12.8 Å². The van der Waals surface area contributed by atoms with Crippen molar-refractivity contribution in [2.75, 3.05) is 26.7 Å². The van der Waals surface area contributed by atoms with Crippen molar-refractivity contribution >= 4 is 24.8 Å². The molecule has 0 spiro atoms. The van der Waals surface area contributed by atoms with Gasteiger partial charge in [-0.1, -0.05) is 0 Å². The van der Waals surface area contributed by atoms with E-state index >= 15 is 0 Å². The molecule has 2 nitrogen and oxygen atoms in total.